The number of carbonyl (C=O) groups excluding carboxylic acids is 1. The third-order valence-corrected chi connectivity index (χ3v) is 2.91. The normalized spacial score (nSPS) is 11.6. The van der Waals surface area contributed by atoms with E-state index in [1.54, 1.807) is 10.8 Å². The first-order valence-corrected chi connectivity index (χ1v) is 6.48. The van der Waals surface area contributed by atoms with Gasteiger partial charge in [0.15, 0.2) is 5.70 Å². The van der Waals surface area contributed by atoms with Gasteiger partial charge in [-0.15, -0.1) is 0 Å². The Morgan fingerprint density at radius 3 is 2.48 bits per heavy atom. The van der Waals surface area contributed by atoms with E-state index in [4.69, 9.17) is 9.47 Å². The zero-order valence-corrected chi connectivity index (χ0v) is 12.0. The molecule has 21 heavy (non-hydrogen) atoms. The average molecular weight is 283 g/mol. The Balaban J connectivity index is 2.32. The summed E-state index contributed by atoms with van der Waals surface area (Å²) in [6, 6.07) is 13.7. The molecule has 0 bridgehead atoms. The van der Waals surface area contributed by atoms with Crippen LogP contribution in [0.25, 0.3) is 17.8 Å². The highest BCUT2D eigenvalue weighted by Crippen LogP contribution is 2.15. The molecule has 0 spiro atoms. The quantitative estimate of drug-likeness (QED) is 0.480. The number of hydrogen-bond acceptors (Lipinski definition) is 3. The molecule has 4 heteroatoms. The van der Waals surface area contributed by atoms with Gasteiger partial charge >= 0.3 is 5.97 Å². The number of aromatic nitrogens is 1. The van der Waals surface area contributed by atoms with E-state index in [2.05, 4.69) is 0 Å². The molecule has 0 saturated heterocycles. The van der Waals surface area contributed by atoms with Crippen LogP contribution >= 0.6 is 0 Å². The van der Waals surface area contributed by atoms with Gasteiger partial charge in [0, 0.05) is 11.9 Å². The summed E-state index contributed by atoms with van der Waals surface area (Å²) in [5.41, 5.74) is 2.26. The van der Waals surface area contributed by atoms with Crippen molar-refractivity contribution in [2.45, 2.75) is 0 Å². The summed E-state index contributed by atoms with van der Waals surface area (Å²) in [4.78, 5) is 11.8. The monoisotopic (exact) mass is 283 g/mol. The van der Waals surface area contributed by atoms with Crippen LogP contribution in [0.15, 0.2) is 54.9 Å². The lowest BCUT2D eigenvalue weighted by atomic mass is 10.2. The summed E-state index contributed by atoms with van der Waals surface area (Å²) in [5, 5.41) is 0. The number of esters is 1. The summed E-state index contributed by atoms with van der Waals surface area (Å²) < 4.78 is 11.5. The topological polar surface area (TPSA) is 40.5 Å². The molecular formula is C17H17NO3. The summed E-state index contributed by atoms with van der Waals surface area (Å²) in [5.74, 6) is -0.456. The predicted molar refractivity (Wildman–Crippen MR) is 83.1 cm³/mol. The van der Waals surface area contributed by atoms with Crippen molar-refractivity contribution in [2.24, 2.45) is 0 Å². The Morgan fingerprint density at radius 2 is 1.81 bits per heavy atom. The lowest BCUT2D eigenvalue weighted by Crippen LogP contribution is -2.11. The number of nitrogens with zero attached hydrogens (tertiary/aromatic N) is 1. The fraction of sp³-hybridized carbons (Fsp3) is 0.118. The molecule has 1 aromatic heterocycles. The average Bonchev–Trinajstić information content (AvgIpc) is 2.99. The molecule has 1 heterocycles. The van der Waals surface area contributed by atoms with E-state index < -0.39 is 5.97 Å². The molecule has 2 rings (SSSR count). The second-order valence-corrected chi connectivity index (χ2v) is 4.28. The molecule has 0 aliphatic heterocycles. The predicted octanol–water partition coefficient (Wildman–Crippen LogP) is 3.28. The molecular weight excluding hydrogens is 266 g/mol. The van der Waals surface area contributed by atoms with E-state index in [-0.39, 0.29) is 0 Å². The Hall–Kier alpha value is -2.75. The van der Waals surface area contributed by atoms with E-state index in [0.717, 1.165) is 11.3 Å². The molecule has 0 amide bonds. The Bertz CT molecular complexity index is 654. The number of rotatable bonds is 5. The fourth-order valence-electron chi connectivity index (χ4n) is 1.91. The standard InChI is InChI=1S/C17H17NO3/c1-20-13-16(17(19)21-2)18-12-6-9-15(18)11-10-14-7-4-3-5-8-14/h3-13H,1-2H3. The van der Waals surface area contributed by atoms with E-state index in [0.29, 0.717) is 5.70 Å². The first-order valence-electron chi connectivity index (χ1n) is 6.48. The van der Waals surface area contributed by atoms with Gasteiger partial charge in [0.2, 0.25) is 0 Å². The van der Waals surface area contributed by atoms with Crippen molar-refractivity contribution in [2.75, 3.05) is 14.2 Å². The van der Waals surface area contributed by atoms with Gasteiger partial charge in [-0.2, -0.15) is 0 Å². The minimum absolute atomic E-state index is 0.317. The lowest BCUT2D eigenvalue weighted by Gasteiger charge is -2.09. The van der Waals surface area contributed by atoms with Crippen LogP contribution in [0.3, 0.4) is 0 Å². The highest BCUT2D eigenvalue weighted by molar-refractivity contribution is 6.10. The maximum absolute atomic E-state index is 11.8. The van der Waals surface area contributed by atoms with Gasteiger partial charge in [0.05, 0.1) is 14.2 Å². The van der Waals surface area contributed by atoms with Crippen LogP contribution in [-0.4, -0.2) is 24.8 Å². The summed E-state index contributed by atoms with van der Waals surface area (Å²) in [6.45, 7) is 0. The van der Waals surface area contributed by atoms with Gasteiger partial charge in [-0.25, -0.2) is 4.79 Å². The van der Waals surface area contributed by atoms with E-state index in [1.807, 2.05) is 54.6 Å². The van der Waals surface area contributed by atoms with Crippen LogP contribution in [0.4, 0.5) is 0 Å². The molecule has 0 saturated carbocycles. The van der Waals surface area contributed by atoms with Gasteiger partial charge in [0.1, 0.15) is 6.26 Å². The molecule has 0 radical (unpaired) electrons. The van der Waals surface area contributed by atoms with Crippen molar-refractivity contribution in [1.82, 2.24) is 4.57 Å². The van der Waals surface area contributed by atoms with Crippen molar-refractivity contribution >= 4 is 23.8 Å². The highest BCUT2D eigenvalue weighted by Gasteiger charge is 2.14. The third kappa shape index (κ3) is 3.63. The zero-order valence-electron chi connectivity index (χ0n) is 12.0. The van der Waals surface area contributed by atoms with Crippen molar-refractivity contribution in [3.8, 4) is 0 Å². The molecule has 0 aliphatic carbocycles. The van der Waals surface area contributed by atoms with Gasteiger partial charge in [-0.1, -0.05) is 36.4 Å². The molecule has 1 aromatic carbocycles. The van der Waals surface area contributed by atoms with Crippen molar-refractivity contribution in [3.05, 3.63) is 66.2 Å². The van der Waals surface area contributed by atoms with Crippen LogP contribution in [0.2, 0.25) is 0 Å². The first kappa shape index (κ1) is 14.7. The van der Waals surface area contributed by atoms with Gasteiger partial charge in [0.25, 0.3) is 0 Å². The second kappa shape index (κ2) is 7.14. The van der Waals surface area contributed by atoms with Crippen molar-refractivity contribution in [1.29, 1.82) is 0 Å². The minimum atomic E-state index is -0.456. The van der Waals surface area contributed by atoms with E-state index >= 15 is 0 Å². The highest BCUT2D eigenvalue weighted by atomic mass is 16.5. The SMILES string of the molecule is COC=C(C(=O)OC)n1cccc1C=Cc1ccccc1. The maximum atomic E-state index is 11.8. The molecule has 2 aromatic rings. The lowest BCUT2D eigenvalue weighted by molar-refractivity contribution is -0.134. The Kier molecular flexibility index (Phi) is 4.99. The smallest absolute Gasteiger partial charge is 0.358 e. The van der Waals surface area contributed by atoms with Crippen molar-refractivity contribution < 1.29 is 14.3 Å². The molecule has 0 unspecified atom stereocenters. The second-order valence-electron chi connectivity index (χ2n) is 4.28. The molecule has 0 fully saturated rings. The molecule has 4 nitrogen and oxygen atoms in total. The number of benzene rings is 1. The van der Waals surface area contributed by atoms with Gasteiger partial charge < -0.3 is 14.0 Å². The summed E-state index contributed by atoms with van der Waals surface area (Å²) >= 11 is 0. The van der Waals surface area contributed by atoms with Gasteiger partial charge in [-0.3, -0.25) is 0 Å². The first-order chi connectivity index (χ1) is 10.3. The number of methoxy groups -OCH3 is 2. The molecule has 0 N–H and O–H groups in total. The molecule has 0 aliphatic rings. The minimum Gasteiger partial charge on any atom is -0.502 e. The zero-order chi connectivity index (χ0) is 15.1. The largest absolute Gasteiger partial charge is 0.502 e. The van der Waals surface area contributed by atoms with Crippen LogP contribution in [0, 0.1) is 0 Å². The number of carbonyl (C=O) groups is 1. The molecule has 108 valence electrons. The number of hydrogen-bond donors (Lipinski definition) is 0. The van der Waals surface area contributed by atoms with Crippen LogP contribution in [-0.2, 0) is 14.3 Å². The Labute approximate surface area is 123 Å². The Morgan fingerprint density at radius 1 is 1.05 bits per heavy atom. The molecule has 0 atom stereocenters. The van der Waals surface area contributed by atoms with E-state index in [1.165, 1.54) is 20.5 Å². The fourth-order valence-corrected chi connectivity index (χ4v) is 1.91. The number of ether oxygens (including phenoxy) is 2. The maximum Gasteiger partial charge on any atom is 0.358 e. The van der Waals surface area contributed by atoms with Crippen LogP contribution < -0.4 is 0 Å². The summed E-state index contributed by atoms with van der Waals surface area (Å²) in [6.07, 6.45) is 7.06. The van der Waals surface area contributed by atoms with Crippen molar-refractivity contribution in [3.63, 3.8) is 0 Å². The van der Waals surface area contributed by atoms with E-state index in [9.17, 15) is 4.79 Å². The summed E-state index contributed by atoms with van der Waals surface area (Å²) in [7, 11) is 2.83. The van der Waals surface area contributed by atoms with Crippen LogP contribution in [0.5, 0.6) is 0 Å². The third-order valence-electron chi connectivity index (χ3n) is 2.91. The van der Waals surface area contributed by atoms with Gasteiger partial charge in [-0.05, 0) is 23.8 Å². The van der Waals surface area contributed by atoms with Crippen LogP contribution in [0.1, 0.15) is 11.3 Å².